The van der Waals surface area contributed by atoms with Crippen LogP contribution in [0.2, 0.25) is 0 Å². The predicted molar refractivity (Wildman–Crippen MR) is 103 cm³/mol. The van der Waals surface area contributed by atoms with Gasteiger partial charge in [-0.15, -0.1) is 0 Å². The van der Waals surface area contributed by atoms with E-state index in [0.29, 0.717) is 6.54 Å². The smallest absolute Gasteiger partial charge is 0.321 e. The highest BCUT2D eigenvalue weighted by Crippen LogP contribution is 2.32. The van der Waals surface area contributed by atoms with Gasteiger partial charge >= 0.3 is 6.03 Å². The molecule has 1 unspecified atom stereocenters. The number of carbonyl (C=O) groups excluding carboxylic acids is 2. The molecule has 6 nitrogen and oxygen atoms in total. The summed E-state index contributed by atoms with van der Waals surface area (Å²) >= 11 is 0. The van der Waals surface area contributed by atoms with Crippen LogP contribution >= 0.6 is 0 Å². The van der Waals surface area contributed by atoms with Gasteiger partial charge in [0.15, 0.2) is 0 Å². The predicted octanol–water partition coefficient (Wildman–Crippen LogP) is 2.44. The summed E-state index contributed by atoms with van der Waals surface area (Å²) in [6.45, 7) is 2.94. The van der Waals surface area contributed by atoms with Crippen molar-refractivity contribution in [1.29, 1.82) is 0 Å². The molecule has 6 heteroatoms. The maximum Gasteiger partial charge on any atom is 0.321 e. The summed E-state index contributed by atoms with van der Waals surface area (Å²) in [6.07, 6.45) is 1.84. The third kappa shape index (κ3) is 3.96. The zero-order valence-electron chi connectivity index (χ0n) is 14.9. The normalized spacial score (nSPS) is 14.3. The number of anilines is 2. The van der Waals surface area contributed by atoms with Crippen LogP contribution in [0.5, 0.6) is 0 Å². The molecular weight excluding hydrogens is 328 g/mol. The summed E-state index contributed by atoms with van der Waals surface area (Å²) in [5.41, 5.74) is 9.84. The minimum atomic E-state index is -0.490. The molecule has 0 bridgehead atoms. The molecule has 1 atom stereocenters. The number of nitrogens with zero attached hydrogens (tertiary/aromatic N) is 1. The first-order valence-electron chi connectivity index (χ1n) is 8.83. The Balaban J connectivity index is 1.60. The molecule has 3 rings (SSSR count). The number of nitrogen functional groups attached to an aromatic ring is 1. The van der Waals surface area contributed by atoms with Crippen LogP contribution in [0, 0.1) is 0 Å². The standard InChI is InChI=1S/C20H24N4O2/c1-14(24-12-6-9-16-17(21)10-5-11-18(16)24)19(25)23-20(26)22-13-15-7-3-2-4-8-15/h2-5,7-8,10-11,14H,6,9,12-13,21H2,1H3,(H2,22,23,25,26). The van der Waals surface area contributed by atoms with E-state index in [1.54, 1.807) is 6.92 Å². The van der Waals surface area contributed by atoms with Crippen LogP contribution in [-0.2, 0) is 17.8 Å². The summed E-state index contributed by atoms with van der Waals surface area (Å²) in [4.78, 5) is 26.6. The molecule has 3 amide bonds. The number of hydrogen-bond acceptors (Lipinski definition) is 4. The zero-order valence-corrected chi connectivity index (χ0v) is 14.9. The molecule has 0 saturated heterocycles. The van der Waals surface area contributed by atoms with Crippen molar-refractivity contribution in [2.45, 2.75) is 32.4 Å². The maximum atomic E-state index is 12.5. The number of imide groups is 1. The first-order valence-corrected chi connectivity index (χ1v) is 8.83. The molecule has 0 fully saturated rings. The average Bonchev–Trinajstić information content (AvgIpc) is 2.66. The minimum Gasteiger partial charge on any atom is -0.398 e. The third-order valence-electron chi connectivity index (χ3n) is 4.70. The third-order valence-corrected chi connectivity index (χ3v) is 4.70. The van der Waals surface area contributed by atoms with Gasteiger partial charge in [-0.05, 0) is 43.0 Å². The second-order valence-corrected chi connectivity index (χ2v) is 6.48. The Kier molecular flexibility index (Phi) is 5.41. The molecule has 2 aromatic rings. The lowest BCUT2D eigenvalue weighted by atomic mass is 9.98. The van der Waals surface area contributed by atoms with Crippen LogP contribution in [0.25, 0.3) is 0 Å². The van der Waals surface area contributed by atoms with Crippen molar-refractivity contribution >= 4 is 23.3 Å². The molecule has 0 aromatic heterocycles. The number of nitrogens with two attached hydrogens (primary N) is 1. The van der Waals surface area contributed by atoms with Crippen LogP contribution in [0.15, 0.2) is 48.5 Å². The molecule has 0 spiro atoms. The zero-order chi connectivity index (χ0) is 18.5. The molecule has 26 heavy (non-hydrogen) atoms. The Morgan fingerprint density at radius 2 is 1.92 bits per heavy atom. The quantitative estimate of drug-likeness (QED) is 0.738. The van der Waals surface area contributed by atoms with Crippen LogP contribution in [0.4, 0.5) is 16.2 Å². The Hall–Kier alpha value is -3.02. The van der Waals surface area contributed by atoms with Gasteiger partial charge in [0, 0.05) is 24.5 Å². The van der Waals surface area contributed by atoms with Gasteiger partial charge in [-0.1, -0.05) is 36.4 Å². The van der Waals surface area contributed by atoms with Gasteiger partial charge in [0.25, 0.3) is 0 Å². The first-order chi connectivity index (χ1) is 12.6. The lowest BCUT2D eigenvalue weighted by Crippen LogP contribution is -2.51. The highest BCUT2D eigenvalue weighted by molar-refractivity contribution is 5.98. The van der Waals surface area contributed by atoms with E-state index in [1.807, 2.05) is 53.4 Å². The monoisotopic (exact) mass is 352 g/mol. The molecule has 1 aliphatic rings. The van der Waals surface area contributed by atoms with E-state index in [-0.39, 0.29) is 5.91 Å². The van der Waals surface area contributed by atoms with E-state index in [9.17, 15) is 9.59 Å². The molecule has 1 heterocycles. The Bertz CT molecular complexity index is 792. The average molecular weight is 352 g/mol. The summed E-state index contributed by atoms with van der Waals surface area (Å²) in [5, 5.41) is 5.14. The number of rotatable bonds is 4. The molecule has 136 valence electrons. The number of hydrogen-bond donors (Lipinski definition) is 3. The van der Waals surface area contributed by atoms with Gasteiger partial charge in [-0.3, -0.25) is 10.1 Å². The van der Waals surface area contributed by atoms with Gasteiger partial charge < -0.3 is 16.0 Å². The molecular formula is C20H24N4O2. The number of amides is 3. The van der Waals surface area contributed by atoms with Crippen LogP contribution in [0.3, 0.4) is 0 Å². The highest BCUT2D eigenvalue weighted by Gasteiger charge is 2.27. The van der Waals surface area contributed by atoms with Crippen molar-refractivity contribution in [2.75, 3.05) is 17.2 Å². The number of fused-ring (bicyclic) bond motifs is 1. The summed E-state index contributed by atoms with van der Waals surface area (Å²) < 4.78 is 0. The molecule has 1 aliphatic heterocycles. The number of urea groups is 1. The molecule has 0 radical (unpaired) electrons. The Labute approximate surface area is 153 Å². The minimum absolute atomic E-state index is 0.328. The van der Waals surface area contributed by atoms with Crippen LogP contribution in [-0.4, -0.2) is 24.5 Å². The SMILES string of the molecule is CC(C(=O)NC(=O)NCc1ccccc1)N1CCCc2c(N)cccc21. The fourth-order valence-electron chi connectivity index (χ4n) is 3.26. The maximum absolute atomic E-state index is 12.5. The van der Waals surface area contributed by atoms with Crippen molar-refractivity contribution in [1.82, 2.24) is 10.6 Å². The Morgan fingerprint density at radius 3 is 2.69 bits per heavy atom. The van der Waals surface area contributed by atoms with E-state index < -0.39 is 12.1 Å². The van der Waals surface area contributed by atoms with Crippen LogP contribution < -0.4 is 21.3 Å². The Morgan fingerprint density at radius 1 is 1.15 bits per heavy atom. The van der Waals surface area contributed by atoms with E-state index in [2.05, 4.69) is 10.6 Å². The van der Waals surface area contributed by atoms with E-state index in [1.165, 1.54) is 0 Å². The van der Waals surface area contributed by atoms with Crippen molar-refractivity contribution < 1.29 is 9.59 Å². The largest absolute Gasteiger partial charge is 0.398 e. The van der Waals surface area contributed by atoms with E-state index >= 15 is 0 Å². The lowest BCUT2D eigenvalue weighted by Gasteiger charge is -2.35. The first kappa shape index (κ1) is 17.8. The molecule has 0 aliphatic carbocycles. The number of benzene rings is 2. The molecule has 4 N–H and O–H groups in total. The van der Waals surface area contributed by atoms with Gasteiger partial charge in [-0.2, -0.15) is 0 Å². The summed E-state index contributed by atoms with van der Waals surface area (Å²) in [7, 11) is 0. The van der Waals surface area contributed by atoms with E-state index in [4.69, 9.17) is 5.73 Å². The fraction of sp³-hybridized carbons (Fsp3) is 0.300. The topological polar surface area (TPSA) is 87.5 Å². The second-order valence-electron chi connectivity index (χ2n) is 6.48. The van der Waals surface area contributed by atoms with Gasteiger partial charge in [-0.25, -0.2) is 4.79 Å². The lowest BCUT2D eigenvalue weighted by molar-refractivity contribution is -0.121. The molecule has 2 aromatic carbocycles. The fourth-order valence-corrected chi connectivity index (χ4v) is 3.26. The van der Waals surface area contributed by atoms with Crippen molar-refractivity contribution in [3.63, 3.8) is 0 Å². The number of nitrogens with one attached hydrogen (secondary N) is 2. The van der Waals surface area contributed by atoms with E-state index in [0.717, 1.165) is 41.9 Å². The number of carbonyl (C=O) groups is 2. The van der Waals surface area contributed by atoms with Crippen molar-refractivity contribution in [3.05, 3.63) is 59.7 Å². The second kappa shape index (κ2) is 7.91. The van der Waals surface area contributed by atoms with Crippen molar-refractivity contribution in [2.24, 2.45) is 0 Å². The molecule has 0 saturated carbocycles. The summed E-state index contributed by atoms with van der Waals surface area (Å²) in [5.74, 6) is -0.328. The van der Waals surface area contributed by atoms with Crippen molar-refractivity contribution in [3.8, 4) is 0 Å². The van der Waals surface area contributed by atoms with Crippen LogP contribution in [0.1, 0.15) is 24.5 Å². The summed E-state index contributed by atoms with van der Waals surface area (Å²) in [6, 6.07) is 14.4. The van der Waals surface area contributed by atoms with Gasteiger partial charge in [0.05, 0.1) is 0 Å². The van der Waals surface area contributed by atoms with Gasteiger partial charge in [0.1, 0.15) is 6.04 Å². The highest BCUT2D eigenvalue weighted by atomic mass is 16.2. The van der Waals surface area contributed by atoms with Gasteiger partial charge in [0.2, 0.25) is 5.91 Å².